The fourth-order valence-electron chi connectivity index (χ4n) is 3.26. The Morgan fingerprint density at radius 2 is 1.84 bits per heavy atom. The molecule has 2 bridgehead atoms. The summed E-state index contributed by atoms with van der Waals surface area (Å²) in [5.74, 6) is -4.77. The number of allylic oxidation sites excluding steroid dienone is 1. The van der Waals surface area contributed by atoms with Crippen molar-refractivity contribution >= 4 is 40.2 Å². The number of methoxy groups -OCH3 is 2. The third kappa shape index (κ3) is 7.17. The zero-order chi connectivity index (χ0) is 27.4. The van der Waals surface area contributed by atoms with E-state index in [9.17, 15) is 31.5 Å². The summed E-state index contributed by atoms with van der Waals surface area (Å²) >= 11 is 2.24. The van der Waals surface area contributed by atoms with Crippen LogP contribution in [0.1, 0.15) is 46.9 Å². The van der Waals surface area contributed by atoms with Gasteiger partial charge in [0.25, 0.3) is 5.92 Å². The number of ether oxygens (including phenoxy) is 2. The van der Waals surface area contributed by atoms with Crippen LogP contribution in [-0.2, 0) is 28.7 Å². The second kappa shape index (κ2) is 11.4. The summed E-state index contributed by atoms with van der Waals surface area (Å²) < 4.78 is 74.9. The molecule has 1 aliphatic heterocycles. The number of Topliss-reactive ketones (excluding diaryl/α,β-unsaturated/α-hetero) is 1. The van der Waals surface area contributed by atoms with Crippen LogP contribution in [0.4, 0.5) is 22.0 Å². The van der Waals surface area contributed by atoms with E-state index in [1.807, 2.05) is 0 Å². The highest BCUT2D eigenvalue weighted by Gasteiger charge is 2.38. The second-order valence-corrected chi connectivity index (χ2v) is 9.83. The first-order chi connectivity index (χ1) is 17.3. The number of halogens is 5. The number of carbonyl (C=O) groups excluding carboxylic acids is 1. The van der Waals surface area contributed by atoms with Gasteiger partial charge < -0.3 is 14.6 Å². The van der Waals surface area contributed by atoms with E-state index >= 15 is 0 Å². The average molecular weight is 563 g/mol. The molecule has 2 aromatic heterocycles. The Labute approximate surface area is 215 Å². The van der Waals surface area contributed by atoms with Gasteiger partial charge in [-0.3, -0.25) is 4.79 Å². The zero-order valence-electron chi connectivity index (χ0n) is 19.3. The summed E-state index contributed by atoms with van der Waals surface area (Å²) in [6.45, 7) is 0.266. The number of hydrogen-bond acceptors (Lipinski definition) is 8. The Kier molecular flexibility index (Phi) is 8.76. The van der Waals surface area contributed by atoms with E-state index in [4.69, 9.17) is 14.6 Å². The number of carboxylic acids is 1. The molecule has 14 heteroatoms. The SMILES string of the molecule is COCc1ncc(C(=O)/C2=C(/OC)c3cnc(s3)CC(F)(F)C2)s1.O=C(O)c1cccc(C(F)(F)F)c1. The maximum atomic E-state index is 14.3. The van der Waals surface area contributed by atoms with Crippen molar-refractivity contribution < 1.29 is 46.1 Å². The number of benzene rings is 1. The van der Waals surface area contributed by atoms with Gasteiger partial charge in [0.1, 0.15) is 10.8 Å². The lowest BCUT2D eigenvalue weighted by Gasteiger charge is -2.20. The molecule has 37 heavy (non-hydrogen) atoms. The number of thiazole rings is 2. The predicted octanol–water partition coefficient (Wildman–Crippen LogP) is 5.97. The summed E-state index contributed by atoms with van der Waals surface area (Å²) in [6, 6.07) is 3.60. The van der Waals surface area contributed by atoms with Crippen LogP contribution in [0.25, 0.3) is 5.76 Å². The highest BCUT2D eigenvalue weighted by molar-refractivity contribution is 7.14. The van der Waals surface area contributed by atoms with Crippen LogP contribution < -0.4 is 0 Å². The molecule has 0 unspecified atom stereocenters. The van der Waals surface area contributed by atoms with Gasteiger partial charge in [0.2, 0.25) is 5.78 Å². The van der Waals surface area contributed by atoms with Gasteiger partial charge in [0.05, 0.1) is 51.6 Å². The maximum Gasteiger partial charge on any atom is 0.416 e. The minimum absolute atomic E-state index is 0.0509. The van der Waals surface area contributed by atoms with Crippen LogP contribution in [0.15, 0.2) is 42.2 Å². The Morgan fingerprint density at radius 3 is 2.46 bits per heavy atom. The fourth-order valence-corrected chi connectivity index (χ4v) is 5.16. The molecule has 1 aromatic carbocycles. The Morgan fingerprint density at radius 1 is 1.11 bits per heavy atom. The normalized spacial score (nSPS) is 16.7. The molecular weight excluding hydrogens is 543 g/mol. The van der Waals surface area contributed by atoms with Gasteiger partial charge >= 0.3 is 12.1 Å². The maximum absolute atomic E-state index is 14.3. The van der Waals surface area contributed by atoms with Crippen LogP contribution in [0.3, 0.4) is 0 Å². The molecular formula is C23H19F5N2O5S2. The number of rotatable bonds is 6. The van der Waals surface area contributed by atoms with Crippen molar-refractivity contribution in [1.82, 2.24) is 9.97 Å². The first kappa shape index (κ1) is 28.3. The quantitative estimate of drug-likeness (QED) is 0.292. The van der Waals surface area contributed by atoms with Crippen LogP contribution >= 0.6 is 22.7 Å². The van der Waals surface area contributed by atoms with E-state index in [1.54, 1.807) is 0 Å². The van der Waals surface area contributed by atoms with E-state index in [0.29, 0.717) is 21.0 Å². The average Bonchev–Trinajstić information content (AvgIpc) is 3.48. The largest absolute Gasteiger partial charge is 0.495 e. The van der Waals surface area contributed by atoms with Gasteiger partial charge in [-0.2, -0.15) is 13.2 Å². The molecule has 0 atom stereocenters. The van der Waals surface area contributed by atoms with Crippen molar-refractivity contribution in [1.29, 1.82) is 0 Å². The van der Waals surface area contributed by atoms with Gasteiger partial charge in [-0.15, -0.1) is 22.7 Å². The third-order valence-corrected chi connectivity index (χ3v) is 6.82. The van der Waals surface area contributed by atoms with E-state index in [1.165, 1.54) is 26.6 Å². The lowest BCUT2D eigenvalue weighted by atomic mass is 9.99. The smallest absolute Gasteiger partial charge is 0.416 e. The van der Waals surface area contributed by atoms with Crippen LogP contribution in [-0.4, -0.2) is 47.0 Å². The molecule has 3 aromatic rings. The molecule has 7 nitrogen and oxygen atoms in total. The lowest BCUT2D eigenvalue weighted by molar-refractivity contribution is -0.137. The van der Waals surface area contributed by atoms with Crippen molar-refractivity contribution in [3.05, 3.63) is 73.1 Å². The van der Waals surface area contributed by atoms with Gasteiger partial charge in [-0.1, -0.05) is 6.07 Å². The minimum atomic E-state index is -4.49. The van der Waals surface area contributed by atoms with Crippen LogP contribution in [0, 0.1) is 0 Å². The Hall–Kier alpha value is -3.23. The summed E-state index contributed by atoms with van der Waals surface area (Å²) in [5.41, 5.74) is -1.37. The Bertz CT molecular complexity index is 1320. The number of carbonyl (C=O) groups is 2. The van der Waals surface area contributed by atoms with Gasteiger partial charge in [0.15, 0.2) is 0 Å². The van der Waals surface area contributed by atoms with E-state index in [2.05, 4.69) is 9.97 Å². The highest BCUT2D eigenvalue weighted by Crippen LogP contribution is 2.39. The standard InChI is InChI=1S/C15H14F2N2O3S2.C8H5F3O2/c1-21-7-12-19-5-9(23-12)13(20)8-3-15(16,17)4-11-18-6-10(24-11)14(8)22-2;9-8(10,11)6-3-1-2-5(4-6)7(12)13/h5-6H,3-4,7H2,1-2H3;1-4H,(H,12,13)/b14-8+;. The molecule has 0 amide bonds. The van der Waals surface area contributed by atoms with Crippen molar-refractivity contribution in [2.45, 2.75) is 31.5 Å². The van der Waals surface area contributed by atoms with Gasteiger partial charge in [-0.25, -0.2) is 23.5 Å². The molecule has 1 aliphatic rings. The third-order valence-electron chi connectivity index (χ3n) is 4.86. The number of aromatic nitrogens is 2. The summed E-state index contributed by atoms with van der Waals surface area (Å²) in [6.07, 6.45) is -2.81. The predicted molar refractivity (Wildman–Crippen MR) is 125 cm³/mol. The molecule has 0 radical (unpaired) electrons. The molecule has 198 valence electrons. The summed E-state index contributed by atoms with van der Waals surface area (Å²) in [4.78, 5) is 32.0. The van der Waals surface area contributed by atoms with E-state index in [-0.39, 0.29) is 28.4 Å². The van der Waals surface area contributed by atoms with Crippen molar-refractivity contribution in [2.75, 3.05) is 14.2 Å². The molecule has 0 saturated heterocycles. The van der Waals surface area contributed by atoms with Crippen LogP contribution in [0.2, 0.25) is 0 Å². The van der Waals surface area contributed by atoms with E-state index in [0.717, 1.165) is 40.9 Å². The molecule has 0 fully saturated rings. The summed E-state index contributed by atoms with van der Waals surface area (Å²) in [5, 5.41) is 9.35. The molecule has 4 rings (SSSR count). The fraction of sp³-hybridized carbons (Fsp3) is 0.304. The first-order valence-corrected chi connectivity index (χ1v) is 12.0. The minimum Gasteiger partial charge on any atom is -0.495 e. The molecule has 0 saturated carbocycles. The first-order valence-electron chi connectivity index (χ1n) is 10.3. The second-order valence-electron chi connectivity index (χ2n) is 7.60. The molecule has 0 aliphatic carbocycles. The van der Waals surface area contributed by atoms with Gasteiger partial charge in [-0.05, 0) is 18.2 Å². The highest BCUT2D eigenvalue weighted by atomic mass is 32.1. The van der Waals surface area contributed by atoms with Crippen molar-refractivity contribution in [2.24, 2.45) is 0 Å². The number of ketones is 1. The van der Waals surface area contributed by atoms with Crippen LogP contribution in [0.5, 0.6) is 0 Å². The number of nitrogens with zero attached hydrogens (tertiary/aromatic N) is 2. The number of carboxylic acid groups (broad SMARTS) is 1. The lowest BCUT2D eigenvalue weighted by Crippen LogP contribution is -2.24. The molecule has 3 heterocycles. The zero-order valence-corrected chi connectivity index (χ0v) is 20.9. The van der Waals surface area contributed by atoms with Gasteiger partial charge in [0, 0.05) is 25.9 Å². The topological polar surface area (TPSA) is 98.6 Å². The number of alkyl halides is 5. The number of hydrogen-bond donors (Lipinski definition) is 1. The monoisotopic (exact) mass is 562 g/mol. The van der Waals surface area contributed by atoms with Crippen molar-refractivity contribution in [3.8, 4) is 0 Å². The molecule has 0 spiro atoms. The summed E-state index contributed by atoms with van der Waals surface area (Å²) in [7, 11) is 2.88. The van der Waals surface area contributed by atoms with Crippen molar-refractivity contribution in [3.63, 3.8) is 0 Å². The number of aromatic carboxylic acids is 1. The number of fused-ring (bicyclic) bond motifs is 2. The Balaban J connectivity index is 0.000000248. The van der Waals surface area contributed by atoms with E-state index < -0.39 is 42.3 Å². The molecule has 1 N–H and O–H groups in total.